The second-order valence-electron chi connectivity index (χ2n) is 5.49. The van der Waals surface area contributed by atoms with Crippen LogP contribution in [-0.4, -0.2) is 44.7 Å². The molecule has 0 aromatic rings. The molecule has 104 valence electrons. The van der Waals surface area contributed by atoms with Gasteiger partial charge in [-0.3, -0.25) is 0 Å². The third-order valence-corrected chi connectivity index (χ3v) is 4.15. The zero-order chi connectivity index (χ0) is 13.3. The number of nitrogens with one attached hydrogen (secondary N) is 1. The molecule has 18 heavy (non-hydrogen) atoms. The Bertz CT molecular complexity index is 226. The van der Waals surface area contributed by atoms with Gasteiger partial charge in [0.25, 0.3) is 0 Å². The third kappa shape index (κ3) is 4.81. The summed E-state index contributed by atoms with van der Waals surface area (Å²) < 4.78 is 10.3. The van der Waals surface area contributed by atoms with Crippen molar-refractivity contribution in [3.05, 3.63) is 0 Å². The van der Waals surface area contributed by atoms with E-state index < -0.39 is 0 Å². The molecule has 2 rings (SSSR count). The molecule has 1 aliphatic heterocycles. The van der Waals surface area contributed by atoms with Gasteiger partial charge in [0, 0.05) is 0 Å². The van der Waals surface area contributed by atoms with E-state index in [-0.39, 0.29) is 0 Å². The van der Waals surface area contributed by atoms with E-state index >= 15 is 0 Å². The molecule has 2 aliphatic rings. The summed E-state index contributed by atoms with van der Waals surface area (Å²) in [5.41, 5.74) is 0.486. The summed E-state index contributed by atoms with van der Waals surface area (Å²) in [4.78, 5) is 2.63. The van der Waals surface area contributed by atoms with E-state index in [1.165, 1.54) is 58.2 Å². The van der Waals surface area contributed by atoms with E-state index in [4.69, 9.17) is 0 Å². The van der Waals surface area contributed by atoms with Crippen LogP contribution in [0, 0.1) is 5.41 Å². The fourth-order valence-corrected chi connectivity index (χ4v) is 3.06. The van der Waals surface area contributed by atoms with Gasteiger partial charge < -0.3 is 0 Å². The summed E-state index contributed by atoms with van der Waals surface area (Å²) in [7, 11) is 0.966. The Morgan fingerprint density at radius 3 is 2.28 bits per heavy atom. The average molecular weight is 252 g/mol. The van der Waals surface area contributed by atoms with E-state index in [2.05, 4.69) is 10.2 Å². The van der Waals surface area contributed by atoms with Gasteiger partial charge in [0.15, 0.2) is 0 Å². The normalized spacial score (nSPS) is 22.3. The van der Waals surface area contributed by atoms with Crippen molar-refractivity contribution in [3.63, 3.8) is 0 Å². The molecule has 1 aliphatic carbocycles. The molecule has 0 aromatic heterocycles. The Balaban J connectivity index is 0.000000771. The van der Waals surface area contributed by atoms with Gasteiger partial charge >= 0.3 is 98.6 Å². The molecule has 0 unspecified atom stereocenters. The SMILES string of the molecule is CC.O=BCNCC1(CN2CCCCC2)CCC1. The summed E-state index contributed by atoms with van der Waals surface area (Å²) in [6.07, 6.45) is 8.73. The van der Waals surface area contributed by atoms with Crippen LogP contribution in [-0.2, 0) is 4.70 Å². The maximum absolute atomic E-state index is 10.3. The second kappa shape index (κ2) is 8.81. The summed E-state index contributed by atoms with van der Waals surface area (Å²) in [5, 5.41) is 3.27. The van der Waals surface area contributed by atoms with Crippen molar-refractivity contribution < 1.29 is 4.70 Å². The van der Waals surface area contributed by atoms with Crippen molar-refractivity contribution in [2.75, 3.05) is 32.6 Å². The fraction of sp³-hybridized carbons (Fsp3) is 1.00. The predicted octanol–water partition coefficient (Wildman–Crippen LogP) is 2.27. The molecule has 1 heterocycles. The zero-order valence-corrected chi connectivity index (χ0v) is 12.2. The summed E-state index contributed by atoms with van der Waals surface area (Å²) in [5.74, 6) is 0. The Morgan fingerprint density at radius 2 is 1.78 bits per heavy atom. The van der Waals surface area contributed by atoms with Crippen molar-refractivity contribution >= 4 is 7.15 Å². The number of piperidine rings is 1. The van der Waals surface area contributed by atoms with Gasteiger partial charge in [-0.2, -0.15) is 0 Å². The van der Waals surface area contributed by atoms with Gasteiger partial charge in [-0.05, 0) is 0 Å². The maximum atomic E-state index is 10.3. The molecule has 0 spiro atoms. The first-order valence-corrected chi connectivity index (χ1v) is 7.71. The summed E-state index contributed by atoms with van der Waals surface area (Å²) >= 11 is 0. The van der Waals surface area contributed by atoms with E-state index in [1.54, 1.807) is 0 Å². The van der Waals surface area contributed by atoms with E-state index in [0.717, 1.165) is 13.7 Å². The van der Waals surface area contributed by atoms with Crippen LogP contribution in [0.15, 0.2) is 0 Å². The van der Waals surface area contributed by atoms with Crippen LogP contribution in [0.2, 0.25) is 0 Å². The van der Waals surface area contributed by atoms with Crippen molar-refractivity contribution in [1.29, 1.82) is 0 Å². The first-order chi connectivity index (χ1) is 8.85. The minimum atomic E-state index is 0.486. The molecule has 4 heteroatoms. The van der Waals surface area contributed by atoms with E-state index in [0.29, 0.717) is 11.9 Å². The first-order valence-electron chi connectivity index (χ1n) is 7.71. The summed E-state index contributed by atoms with van der Waals surface area (Å²) in [6.45, 7) is 8.85. The van der Waals surface area contributed by atoms with Gasteiger partial charge in [0.2, 0.25) is 0 Å². The van der Waals surface area contributed by atoms with Gasteiger partial charge in [-0.25, -0.2) is 0 Å². The van der Waals surface area contributed by atoms with Crippen LogP contribution in [0.5, 0.6) is 0 Å². The third-order valence-electron chi connectivity index (χ3n) is 4.15. The number of nitrogens with zero attached hydrogens (tertiary/aromatic N) is 1. The Labute approximate surface area is 113 Å². The molecule has 0 atom stereocenters. The second-order valence-corrected chi connectivity index (χ2v) is 5.49. The molecular weight excluding hydrogens is 223 g/mol. The number of rotatable bonds is 6. The first kappa shape index (κ1) is 15.8. The Kier molecular flexibility index (Phi) is 7.76. The average Bonchev–Trinajstić information content (AvgIpc) is 2.39. The number of likely N-dealkylation sites (tertiary alicyclic amines) is 1. The van der Waals surface area contributed by atoms with Gasteiger partial charge in [-0.15, -0.1) is 0 Å². The van der Waals surface area contributed by atoms with Crippen LogP contribution in [0.4, 0.5) is 0 Å². The molecule has 0 bridgehead atoms. The van der Waals surface area contributed by atoms with Crippen molar-refractivity contribution in [1.82, 2.24) is 10.2 Å². The molecule has 2 fully saturated rings. The molecule has 0 amide bonds. The number of hydrogen-bond donors (Lipinski definition) is 1. The van der Waals surface area contributed by atoms with Gasteiger partial charge in [0.1, 0.15) is 0 Å². The molecule has 1 saturated carbocycles. The predicted molar refractivity (Wildman–Crippen MR) is 77.2 cm³/mol. The van der Waals surface area contributed by atoms with E-state index in [9.17, 15) is 4.70 Å². The topological polar surface area (TPSA) is 32.3 Å². The van der Waals surface area contributed by atoms with E-state index in [1.807, 2.05) is 13.8 Å². The van der Waals surface area contributed by atoms with Crippen molar-refractivity contribution in [3.8, 4) is 0 Å². The van der Waals surface area contributed by atoms with Crippen LogP contribution >= 0.6 is 0 Å². The van der Waals surface area contributed by atoms with Crippen molar-refractivity contribution in [2.24, 2.45) is 5.41 Å². The van der Waals surface area contributed by atoms with Crippen molar-refractivity contribution in [2.45, 2.75) is 52.4 Å². The number of hydrogen-bond acceptors (Lipinski definition) is 3. The molecule has 3 nitrogen and oxygen atoms in total. The zero-order valence-electron chi connectivity index (χ0n) is 12.2. The summed E-state index contributed by atoms with van der Waals surface area (Å²) in [6, 6.07) is 0. The quantitative estimate of drug-likeness (QED) is 0.581. The standard InChI is InChI=1S/C12H23BN2O.C2H6/c16-13-11-14-9-12(5-4-6-12)10-15-7-2-1-3-8-15;1-2/h14H,1-11H2;1-2H3. The van der Waals surface area contributed by atoms with Crippen LogP contribution in [0.3, 0.4) is 0 Å². The van der Waals surface area contributed by atoms with Gasteiger partial charge in [-0.1, -0.05) is 13.8 Å². The van der Waals surface area contributed by atoms with Crippen LogP contribution < -0.4 is 5.32 Å². The molecular formula is C14H29BN2O. The monoisotopic (exact) mass is 252 g/mol. The van der Waals surface area contributed by atoms with Crippen LogP contribution in [0.25, 0.3) is 0 Å². The van der Waals surface area contributed by atoms with Gasteiger partial charge in [0.05, 0.1) is 0 Å². The van der Waals surface area contributed by atoms with Crippen LogP contribution in [0.1, 0.15) is 52.4 Å². The molecule has 1 N–H and O–H groups in total. The Hall–Kier alpha value is -0.215. The molecule has 1 saturated heterocycles. The molecule has 0 radical (unpaired) electrons. The minimum absolute atomic E-state index is 0.486. The molecule has 0 aromatic carbocycles. The Morgan fingerprint density at radius 1 is 1.11 bits per heavy atom. The fourth-order valence-electron chi connectivity index (χ4n) is 3.06.